The summed E-state index contributed by atoms with van der Waals surface area (Å²) < 4.78 is 7.13. The molecule has 0 spiro atoms. The van der Waals surface area contributed by atoms with Crippen molar-refractivity contribution in [1.82, 2.24) is 9.55 Å². The van der Waals surface area contributed by atoms with E-state index < -0.39 is 0 Å². The fourth-order valence-corrected chi connectivity index (χ4v) is 2.07. The maximum Gasteiger partial charge on any atom is 0.333 e. The molecule has 0 saturated heterocycles. The van der Waals surface area contributed by atoms with Crippen LogP contribution in [0.3, 0.4) is 0 Å². The summed E-state index contributed by atoms with van der Waals surface area (Å²) in [6.07, 6.45) is 0. The molecular formula is C11H7BrN2O3. The summed E-state index contributed by atoms with van der Waals surface area (Å²) in [4.78, 5) is 14.5. The Hall–Kier alpha value is -1.95. The average Bonchev–Trinajstić information content (AvgIpc) is 2.82. The number of halogens is 1. The number of aromatic nitrogens is 2. The molecule has 0 fully saturated rings. The Labute approximate surface area is 103 Å². The van der Waals surface area contributed by atoms with E-state index >= 15 is 0 Å². The van der Waals surface area contributed by atoms with Gasteiger partial charge in [-0.25, -0.2) is 9.36 Å². The summed E-state index contributed by atoms with van der Waals surface area (Å²) in [5.74, 6) is 0.364. The molecule has 0 radical (unpaired) electrons. The van der Waals surface area contributed by atoms with Crippen molar-refractivity contribution in [2.45, 2.75) is 0 Å². The van der Waals surface area contributed by atoms with Gasteiger partial charge in [-0.1, -0.05) is 6.07 Å². The number of benzene rings is 1. The van der Waals surface area contributed by atoms with Crippen molar-refractivity contribution in [3.05, 3.63) is 45.5 Å². The fourth-order valence-electron chi connectivity index (χ4n) is 1.78. The van der Waals surface area contributed by atoms with Crippen molar-refractivity contribution in [2.24, 2.45) is 0 Å². The van der Waals surface area contributed by atoms with Crippen molar-refractivity contribution < 1.29 is 9.52 Å². The molecule has 5 nitrogen and oxygen atoms in total. The Balaban J connectivity index is 2.43. The number of nitrogens with one attached hydrogen (secondary N) is 1. The summed E-state index contributed by atoms with van der Waals surface area (Å²) in [5, 5.41) is 9.80. The van der Waals surface area contributed by atoms with E-state index in [4.69, 9.17) is 4.42 Å². The third-order valence-corrected chi connectivity index (χ3v) is 2.89. The van der Waals surface area contributed by atoms with Gasteiger partial charge < -0.3 is 14.5 Å². The second-order valence-electron chi connectivity index (χ2n) is 3.52. The minimum Gasteiger partial charge on any atom is -0.506 e. The number of aromatic amines is 1. The molecule has 0 aliphatic rings. The van der Waals surface area contributed by atoms with E-state index in [1.807, 2.05) is 0 Å². The summed E-state index contributed by atoms with van der Waals surface area (Å²) in [6.45, 7) is 0. The Morgan fingerprint density at radius 3 is 2.82 bits per heavy atom. The van der Waals surface area contributed by atoms with Crippen molar-refractivity contribution >= 4 is 27.0 Å². The van der Waals surface area contributed by atoms with Crippen LogP contribution in [0.25, 0.3) is 16.9 Å². The number of para-hydroxylation sites is 1. The Bertz CT molecular complexity index is 754. The molecule has 0 atom stereocenters. The number of imidazole rings is 1. The van der Waals surface area contributed by atoms with Gasteiger partial charge in [-0.05, 0) is 34.1 Å². The number of hydrogen-bond donors (Lipinski definition) is 2. The van der Waals surface area contributed by atoms with Gasteiger partial charge in [0.05, 0.1) is 5.52 Å². The lowest BCUT2D eigenvalue weighted by molar-refractivity contribution is 0.475. The van der Waals surface area contributed by atoms with Crippen LogP contribution in [0.1, 0.15) is 0 Å². The highest BCUT2D eigenvalue weighted by molar-refractivity contribution is 9.10. The van der Waals surface area contributed by atoms with Crippen LogP contribution in [-0.4, -0.2) is 14.7 Å². The SMILES string of the molecule is O=c1[nH]c2cccc(O)c2n1-c1ccc(Br)o1. The van der Waals surface area contributed by atoms with Gasteiger partial charge >= 0.3 is 5.69 Å². The van der Waals surface area contributed by atoms with Crippen molar-refractivity contribution in [3.63, 3.8) is 0 Å². The minimum atomic E-state index is -0.358. The fraction of sp³-hybridized carbons (Fsp3) is 0. The number of H-pyrrole nitrogens is 1. The van der Waals surface area contributed by atoms with E-state index in [-0.39, 0.29) is 11.4 Å². The first-order valence-corrected chi connectivity index (χ1v) is 5.64. The van der Waals surface area contributed by atoms with Gasteiger partial charge in [0.2, 0.25) is 5.88 Å². The molecule has 3 aromatic rings. The highest BCUT2D eigenvalue weighted by Crippen LogP contribution is 2.26. The number of nitrogens with zero attached hydrogens (tertiary/aromatic N) is 1. The van der Waals surface area contributed by atoms with E-state index in [0.29, 0.717) is 21.6 Å². The molecule has 86 valence electrons. The van der Waals surface area contributed by atoms with Crippen LogP contribution >= 0.6 is 15.9 Å². The Morgan fingerprint density at radius 1 is 1.29 bits per heavy atom. The zero-order chi connectivity index (χ0) is 12.0. The first kappa shape index (κ1) is 10.2. The maximum absolute atomic E-state index is 11.8. The topological polar surface area (TPSA) is 71.2 Å². The third kappa shape index (κ3) is 1.49. The molecule has 0 unspecified atom stereocenters. The first-order chi connectivity index (χ1) is 8.16. The van der Waals surface area contributed by atoms with Gasteiger partial charge in [0.15, 0.2) is 4.67 Å². The van der Waals surface area contributed by atoms with Gasteiger partial charge in [-0.3, -0.25) is 0 Å². The number of phenols is 1. The van der Waals surface area contributed by atoms with Crippen LogP contribution in [-0.2, 0) is 0 Å². The third-order valence-electron chi connectivity index (χ3n) is 2.46. The van der Waals surface area contributed by atoms with Crippen molar-refractivity contribution in [2.75, 3.05) is 0 Å². The van der Waals surface area contributed by atoms with Gasteiger partial charge in [-0.2, -0.15) is 0 Å². The van der Waals surface area contributed by atoms with Crippen LogP contribution in [0.15, 0.2) is 44.2 Å². The lowest BCUT2D eigenvalue weighted by Gasteiger charge is -2.00. The predicted molar refractivity (Wildman–Crippen MR) is 65.5 cm³/mol. The van der Waals surface area contributed by atoms with Crippen molar-refractivity contribution in [3.8, 4) is 11.6 Å². The zero-order valence-corrected chi connectivity index (χ0v) is 10.1. The molecule has 0 aliphatic heterocycles. The lowest BCUT2D eigenvalue weighted by atomic mass is 10.3. The number of phenolic OH excluding ortho intramolecular Hbond substituents is 1. The number of hydrogen-bond acceptors (Lipinski definition) is 3. The molecule has 3 rings (SSSR count). The highest BCUT2D eigenvalue weighted by Gasteiger charge is 2.14. The van der Waals surface area contributed by atoms with E-state index in [2.05, 4.69) is 20.9 Å². The average molecular weight is 295 g/mol. The Morgan fingerprint density at radius 2 is 2.12 bits per heavy atom. The van der Waals surface area contributed by atoms with E-state index in [1.165, 1.54) is 10.6 Å². The van der Waals surface area contributed by atoms with Crippen LogP contribution in [0.5, 0.6) is 5.75 Å². The smallest absolute Gasteiger partial charge is 0.333 e. The summed E-state index contributed by atoms with van der Waals surface area (Å²) in [7, 11) is 0. The van der Waals surface area contributed by atoms with Gasteiger partial charge in [0.25, 0.3) is 0 Å². The molecule has 0 bridgehead atoms. The normalized spacial score (nSPS) is 11.1. The number of fused-ring (bicyclic) bond motifs is 1. The van der Waals surface area contributed by atoms with Gasteiger partial charge in [0, 0.05) is 6.07 Å². The van der Waals surface area contributed by atoms with E-state index in [9.17, 15) is 9.90 Å². The standard InChI is InChI=1S/C11H7BrN2O3/c12-8-4-5-9(17-8)14-10-6(13-11(14)16)2-1-3-7(10)15/h1-5,15H,(H,13,16). The lowest BCUT2D eigenvalue weighted by Crippen LogP contribution is -2.13. The summed E-state index contributed by atoms with van der Waals surface area (Å²) >= 11 is 3.17. The molecule has 2 N–H and O–H groups in total. The quantitative estimate of drug-likeness (QED) is 0.724. The monoisotopic (exact) mass is 294 g/mol. The van der Waals surface area contributed by atoms with E-state index in [0.717, 1.165) is 0 Å². The molecule has 0 amide bonds. The molecule has 2 heterocycles. The zero-order valence-electron chi connectivity index (χ0n) is 8.48. The van der Waals surface area contributed by atoms with Crippen LogP contribution in [0.2, 0.25) is 0 Å². The molecule has 6 heteroatoms. The van der Waals surface area contributed by atoms with E-state index in [1.54, 1.807) is 24.3 Å². The summed E-state index contributed by atoms with van der Waals surface area (Å²) in [5.41, 5.74) is 0.602. The van der Waals surface area contributed by atoms with Crippen LogP contribution < -0.4 is 5.69 Å². The predicted octanol–water partition coefficient (Wildman–Crippen LogP) is 2.38. The Kier molecular flexibility index (Phi) is 2.12. The van der Waals surface area contributed by atoms with Gasteiger partial charge in [0.1, 0.15) is 11.3 Å². The second-order valence-corrected chi connectivity index (χ2v) is 4.30. The van der Waals surface area contributed by atoms with Crippen LogP contribution in [0, 0.1) is 0 Å². The molecule has 17 heavy (non-hydrogen) atoms. The molecule has 0 aliphatic carbocycles. The second kappa shape index (κ2) is 3.53. The highest BCUT2D eigenvalue weighted by atomic mass is 79.9. The first-order valence-electron chi connectivity index (χ1n) is 4.85. The van der Waals surface area contributed by atoms with Crippen LogP contribution in [0.4, 0.5) is 0 Å². The largest absolute Gasteiger partial charge is 0.506 e. The summed E-state index contributed by atoms with van der Waals surface area (Å²) in [6, 6.07) is 8.22. The molecular weight excluding hydrogens is 288 g/mol. The van der Waals surface area contributed by atoms with Crippen molar-refractivity contribution in [1.29, 1.82) is 0 Å². The minimum absolute atomic E-state index is 0.0216. The molecule has 2 aromatic heterocycles. The maximum atomic E-state index is 11.8. The number of furan rings is 1. The number of rotatable bonds is 1. The van der Waals surface area contributed by atoms with Gasteiger partial charge in [-0.15, -0.1) is 0 Å². The number of aromatic hydroxyl groups is 1. The molecule has 1 aromatic carbocycles. The molecule has 0 saturated carbocycles.